The van der Waals surface area contributed by atoms with Crippen LogP contribution in [0.4, 0.5) is 20.6 Å². The predicted molar refractivity (Wildman–Crippen MR) is 122 cm³/mol. The Bertz CT molecular complexity index is 1110. The van der Waals surface area contributed by atoms with Crippen LogP contribution in [0, 0.1) is 11.7 Å². The van der Waals surface area contributed by atoms with Gasteiger partial charge >= 0.3 is 6.03 Å². The number of likely N-dealkylation sites (tertiary alicyclic amines) is 1. The fraction of sp³-hybridized carbons (Fsp3) is 0.435. The van der Waals surface area contributed by atoms with Crippen molar-refractivity contribution >= 4 is 29.2 Å². The van der Waals surface area contributed by atoms with Crippen molar-refractivity contribution in [2.24, 2.45) is 5.92 Å². The summed E-state index contributed by atoms with van der Waals surface area (Å²) in [6.07, 6.45) is 4.35. The normalized spacial score (nSPS) is 19.3. The second-order valence-corrected chi connectivity index (χ2v) is 9.21. The number of aromatic nitrogens is 1. The molecule has 1 aliphatic carbocycles. The van der Waals surface area contributed by atoms with Crippen molar-refractivity contribution in [3.63, 3.8) is 0 Å². The summed E-state index contributed by atoms with van der Waals surface area (Å²) < 4.78 is 14.6. The lowest BCUT2D eigenvalue weighted by Gasteiger charge is -2.42. The monoisotopic (exact) mass is 470 g/mol. The number of aliphatic hydroxyl groups is 1. The van der Waals surface area contributed by atoms with Crippen molar-refractivity contribution in [1.29, 1.82) is 0 Å². The third-order valence-corrected chi connectivity index (χ3v) is 6.54. The molecular formula is C23H27FN6O4. The molecule has 0 spiro atoms. The number of halogens is 1. The van der Waals surface area contributed by atoms with Gasteiger partial charge in [-0.05, 0) is 56.0 Å². The average molecular weight is 471 g/mol. The Hall–Kier alpha value is -3.60. The standard InChI is InChI=1S/C23H27FN6O4/c24-16-3-5-17(6-4-16)26-22(33)27-18-11-19-21(32)29(14-25-30(19)12-18)13-23(34)7-9-28(10-8-23)20(31)15-1-2-15/h3-6,11-12,15,25,34H,1-2,7-10,13-14H2,(H2,26,27,33). The van der Waals surface area contributed by atoms with E-state index in [1.54, 1.807) is 12.3 Å². The van der Waals surface area contributed by atoms with E-state index in [1.165, 1.54) is 33.8 Å². The lowest BCUT2D eigenvalue weighted by Crippen LogP contribution is -2.56. The van der Waals surface area contributed by atoms with Gasteiger partial charge in [-0.3, -0.25) is 14.3 Å². The molecule has 11 heteroatoms. The zero-order valence-electron chi connectivity index (χ0n) is 18.6. The van der Waals surface area contributed by atoms with Crippen LogP contribution in [0.5, 0.6) is 0 Å². The number of nitrogens with one attached hydrogen (secondary N) is 3. The van der Waals surface area contributed by atoms with Crippen molar-refractivity contribution in [3.8, 4) is 0 Å². The molecule has 0 bridgehead atoms. The fourth-order valence-electron chi connectivity index (χ4n) is 4.42. The molecule has 3 aliphatic rings. The van der Waals surface area contributed by atoms with Crippen molar-refractivity contribution < 1.29 is 23.9 Å². The number of anilines is 2. The van der Waals surface area contributed by atoms with Crippen LogP contribution in [0.15, 0.2) is 36.5 Å². The van der Waals surface area contributed by atoms with E-state index in [-0.39, 0.29) is 30.9 Å². The minimum absolute atomic E-state index is 0.156. The largest absolute Gasteiger partial charge is 0.388 e. The Labute approximate surface area is 195 Å². The molecule has 2 aromatic rings. The molecule has 2 fully saturated rings. The van der Waals surface area contributed by atoms with E-state index in [4.69, 9.17) is 0 Å². The fourth-order valence-corrected chi connectivity index (χ4v) is 4.42. The summed E-state index contributed by atoms with van der Waals surface area (Å²) in [5.74, 6) is -0.329. The lowest BCUT2D eigenvalue weighted by molar-refractivity contribution is -0.137. The van der Waals surface area contributed by atoms with E-state index in [9.17, 15) is 23.9 Å². The van der Waals surface area contributed by atoms with E-state index in [1.807, 2.05) is 4.90 Å². The van der Waals surface area contributed by atoms with Crippen LogP contribution in [0.2, 0.25) is 0 Å². The highest BCUT2D eigenvalue weighted by Crippen LogP contribution is 2.33. The number of carbonyl (C=O) groups excluding carboxylic acids is 3. The van der Waals surface area contributed by atoms with E-state index >= 15 is 0 Å². The summed E-state index contributed by atoms with van der Waals surface area (Å²) in [4.78, 5) is 40.9. The highest BCUT2D eigenvalue weighted by Gasteiger charge is 2.41. The quantitative estimate of drug-likeness (QED) is 0.533. The van der Waals surface area contributed by atoms with E-state index in [0.29, 0.717) is 43.0 Å². The number of hydrogen-bond donors (Lipinski definition) is 4. The third-order valence-electron chi connectivity index (χ3n) is 6.54. The number of piperidine rings is 1. The number of rotatable bonds is 5. The smallest absolute Gasteiger partial charge is 0.323 e. The maximum absolute atomic E-state index is 13.1. The molecule has 34 heavy (non-hydrogen) atoms. The van der Waals surface area contributed by atoms with Crippen molar-refractivity contribution in [2.75, 3.05) is 42.4 Å². The van der Waals surface area contributed by atoms with Gasteiger partial charge < -0.3 is 31.0 Å². The zero-order chi connectivity index (χ0) is 23.9. The Morgan fingerprint density at radius 1 is 1.12 bits per heavy atom. The van der Waals surface area contributed by atoms with Gasteiger partial charge in [-0.1, -0.05) is 0 Å². The van der Waals surface area contributed by atoms with Gasteiger partial charge in [0.2, 0.25) is 5.91 Å². The zero-order valence-corrected chi connectivity index (χ0v) is 18.6. The Morgan fingerprint density at radius 2 is 1.79 bits per heavy atom. The molecule has 0 atom stereocenters. The van der Waals surface area contributed by atoms with Crippen LogP contribution < -0.4 is 16.1 Å². The van der Waals surface area contributed by atoms with E-state index < -0.39 is 17.4 Å². The highest BCUT2D eigenvalue weighted by atomic mass is 19.1. The average Bonchev–Trinajstić information content (AvgIpc) is 3.58. The van der Waals surface area contributed by atoms with Crippen LogP contribution >= 0.6 is 0 Å². The number of hydrogen-bond acceptors (Lipinski definition) is 5. The van der Waals surface area contributed by atoms with Gasteiger partial charge in [0, 0.05) is 24.7 Å². The second kappa shape index (κ2) is 8.64. The number of benzene rings is 1. The first-order valence-electron chi connectivity index (χ1n) is 11.4. The summed E-state index contributed by atoms with van der Waals surface area (Å²) in [5, 5.41) is 16.3. The van der Waals surface area contributed by atoms with Gasteiger partial charge in [0.05, 0.1) is 24.0 Å². The Kier molecular flexibility index (Phi) is 5.64. The minimum Gasteiger partial charge on any atom is -0.388 e. The van der Waals surface area contributed by atoms with Crippen LogP contribution in [-0.2, 0) is 4.79 Å². The maximum atomic E-state index is 13.1. The van der Waals surface area contributed by atoms with Gasteiger partial charge in [-0.2, -0.15) is 0 Å². The second-order valence-electron chi connectivity index (χ2n) is 9.21. The van der Waals surface area contributed by atoms with Crippen molar-refractivity contribution in [3.05, 3.63) is 48.0 Å². The summed E-state index contributed by atoms with van der Waals surface area (Å²) in [6.45, 7) is 1.35. The van der Waals surface area contributed by atoms with Gasteiger partial charge in [0.25, 0.3) is 5.91 Å². The summed E-state index contributed by atoms with van der Waals surface area (Å²) in [5.41, 5.74) is 3.19. The molecule has 1 saturated heterocycles. The molecule has 2 aliphatic heterocycles. The Balaban J connectivity index is 1.17. The van der Waals surface area contributed by atoms with Gasteiger partial charge in [0.1, 0.15) is 18.2 Å². The maximum Gasteiger partial charge on any atom is 0.323 e. The molecule has 4 amide bonds. The first kappa shape index (κ1) is 22.2. The molecule has 0 unspecified atom stereocenters. The first-order chi connectivity index (χ1) is 16.3. The van der Waals surface area contributed by atoms with Crippen molar-refractivity contribution in [2.45, 2.75) is 31.3 Å². The highest BCUT2D eigenvalue weighted by molar-refractivity contribution is 6.01. The molecular weight excluding hydrogens is 443 g/mol. The van der Waals surface area contributed by atoms with Crippen LogP contribution in [0.25, 0.3) is 0 Å². The van der Waals surface area contributed by atoms with Gasteiger partial charge in [-0.15, -0.1) is 0 Å². The number of urea groups is 1. The number of nitrogens with zero attached hydrogens (tertiary/aromatic N) is 3. The summed E-state index contributed by atoms with van der Waals surface area (Å²) in [6, 6.07) is 6.39. The topological polar surface area (TPSA) is 119 Å². The molecule has 3 heterocycles. The number of β-amino-alcohol motifs (C(OH)–C–C–N with tert-alkyl or cyclic N) is 1. The van der Waals surface area contributed by atoms with Gasteiger partial charge in [-0.25, -0.2) is 9.18 Å². The molecule has 180 valence electrons. The molecule has 1 aromatic carbocycles. The van der Waals surface area contributed by atoms with E-state index in [2.05, 4.69) is 16.1 Å². The first-order valence-corrected chi connectivity index (χ1v) is 11.4. The minimum atomic E-state index is -1.05. The van der Waals surface area contributed by atoms with Crippen molar-refractivity contribution in [1.82, 2.24) is 14.5 Å². The molecule has 0 radical (unpaired) electrons. The Morgan fingerprint density at radius 3 is 2.47 bits per heavy atom. The molecule has 4 N–H and O–H groups in total. The molecule has 1 saturated carbocycles. The molecule has 1 aromatic heterocycles. The van der Waals surface area contributed by atoms with Gasteiger partial charge in [0.15, 0.2) is 0 Å². The number of carbonyl (C=O) groups is 3. The molecule has 5 rings (SSSR count). The van der Waals surface area contributed by atoms with Crippen LogP contribution in [-0.4, -0.2) is 69.3 Å². The van der Waals surface area contributed by atoms with E-state index in [0.717, 1.165) is 12.8 Å². The summed E-state index contributed by atoms with van der Waals surface area (Å²) >= 11 is 0. The molecule has 10 nitrogen and oxygen atoms in total. The predicted octanol–water partition coefficient (Wildman–Crippen LogP) is 1.99. The SMILES string of the molecule is O=C(Nc1ccc(F)cc1)Nc1cc2n(c1)NCN(CC1(O)CCN(C(=O)C3CC3)CC1)C2=O. The lowest BCUT2D eigenvalue weighted by atomic mass is 9.90. The summed E-state index contributed by atoms with van der Waals surface area (Å²) in [7, 11) is 0. The number of amides is 4. The third kappa shape index (κ3) is 4.69. The van der Waals surface area contributed by atoms with Crippen LogP contribution in [0.1, 0.15) is 36.2 Å². The van der Waals surface area contributed by atoms with Crippen LogP contribution in [0.3, 0.4) is 0 Å². The number of fused-ring (bicyclic) bond motifs is 1.